The van der Waals surface area contributed by atoms with Crippen LogP contribution in [-0.2, 0) is 10.2 Å². The van der Waals surface area contributed by atoms with Crippen molar-refractivity contribution in [2.45, 2.75) is 25.8 Å². The molecule has 0 aliphatic carbocycles. The molecule has 0 spiro atoms. The minimum Gasteiger partial charge on any atom is -0.325 e. The van der Waals surface area contributed by atoms with Crippen LogP contribution in [0, 0.1) is 6.92 Å². The van der Waals surface area contributed by atoms with Gasteiger partial charge in [-0.15, -0.1) is 0 Å². The Balaban J connectivity index is 1.87. The lowest BCUT2D eigenvalue weighted by atomic mass is 10.1. The first-order valence-corrected chi connectivity index (χ1v) is 9.64. The Morgan fingerprint density at radius 2 is 2.04 bits per heavy atom. The van der Waals surface area contributed by atoms with Crippen LogP contribution in [0.2, 0.25) is 0 Å². The zero-order chi connectivity index (χ0) is 18.0. The summed E-state index contributed by atoms with van der Waals surface area (Å²) in [5, 5.41) is 3.21. The zero-order valence-electron chi connectivity index (χ0n) is 14.7. The van der Waals surface area contributed by atoms with Crippen LogP contribution in [0.15, 0.2) is 36.5 Å². The molecule has 134 valence electrons. The van der Waals surface area contributed by atoms with E-state index < -0.39 is 10.2 Å². The molecule has 25 heavy (non-hydrogen) atoms. The number of rotatable bonds is 5. The van der Waals surface area contributed by atoms with Gasteiger partial charge in [0.1, 0.15) is 11.6 Å². The van der Waals surface area contributed by atoms with Crippen LogP contribution in [0.5, 0.6) is 0 Å². The third-order valence-electron chi connectivity index (χ3n) is 4.33. The van der Waals surface area contributed by atoms with E-state index in [0.717, 1.165) is 29.9 Å². The van der Waals surface area contributed by atoms with Crippen LogP contribution < -0.4 is 5.32 Å². The summed E-state index contributed by atoms with van der Waals surface area (Å²) >= 11 is 0. The van der Waals surface area contributed by atoms with Crippen LogP contribution in [-0.4, -0.2) is 47.6 Å². The Morgan fingerprint density at radius 1 is 1.24 bits per heavy atom. The number of pyridine rings is 2. The minimum absolute atomic E-state index is 0.237. The number of aryl methyl sites for hydroxylation is 1. The van der Waals surface area contributed by atoms with Gasteiger partial charge in [-0.2, -0.15) is 17.0 Å². The van der Waals surface area contributed by atoms with E-state index in [-0.39, 0.29) is 6.04 Å². The summed E-state index contributed by atoms with van der Waals surface area (Å²) in [5.74, 6) is 1.41. The van der Waals surface area contributed by atoms with Gasteiger partial charge < -0.3 is 5.32 Å². The third kappa shape index (κ3) is 3.65. The molecule has 0 radical (unpaired) electrons. The summed E-state index contributed by atoms with van der Waals surface area (Å²) in [4.78, 5) is 8.95. The SMILES string of the molecule is Cc1cccnc1Nc1cccc([C@@H]2CCCN2S(=O)(=O)N(C)C)n1. The fourth-order valence-corrected chi connectivity index (χ4v) is 4.28. The normalized spacial score (nSPS) is 18.6. The standard InChI is InChI=1S/C17H23N5O2S/c1-13-7-5-11-18-17(13)20-16-10-4-8-14(19-16)15-9-6-12-22(15)25(23,24)21(2)3/h4-5,7-8,10-11,15H,6,9,12H2,1-3H3,(H,18,19,20)/t15-/m0/s1. The van der Waals surface area contributed by atoms with Crippen molar-refractivity contribution in [2.75, 3.05) is 26.0 Å². The van der Waals surface area contributed by atoms with Gasteiger partial charge in [0.05, 0.1) is 11.7 Å². The van der Waals surface area contributed by atoms with Crippen molar-refractivity contribution in [1.82, 2.24) is 18.6 Å². The van der Waals surface area contributed by atoms with Gasteiger partial charge in [0.25, 0.3) is 10.2 Å². The number of hydrogen-bond acceptors (Lipinski definition) is 5. The average molecular weight is 361 g/mol. The molecule has 3 heterocycles. The van der Waals surface area contributed by atoms with Crippen LogP contribution >= 0.6 is 0 Å². The second kappa shape index (κ2) is 7.07. The molecule has 2 aromatic rings. The van der Waals surface area contributed by atoms with Crippen LogP contribution in [0.1, 0.15) is 30.1 Å². The molecule has 1 atom stereocenters. The molecule has 0 bridgehead atoms. The smallest absolute Gasteiger partial charge is 0.282 e. The van der Waals surface area contributed by atoms with Crippen LogP contribution in [0.4, 0.5) is 11.6 Å². The fraction of sp³-hybridized carbons (Fsp3) is 0.412. The first kappa shape index (κ1) is 17.8. The maximum atomic E-state index is 12.5. The van der Waals surface area contributed by atoms with E-state index in [9.17, 15) is 8.42 Å². The van der Waals surface area contributed by atoms with Crippen molar-refractivity contribution in [3.05, 3.63) is 47.8 Å². The van der Waals surface area contributed by atoms with E-state index in [2.05, 4.69) is 15.3 Å². The highest BCUT2D eigenvalue weighted by Gasteiger charge is 2.37. The van der Waals surface area contributed by atoms with Gasteiger partial charge in [0.15, 0.2) is 0 Å². The highest BCUT2D eigenvalue weighted by Crippen LogP contribution is 2.34. The van der Waals surface area contributed by atoms with Gasteiger partial charge in [0, 0.05) is 26.8 Å². The summed E-state index contributed by atoms with van der Waals surface area (Å²) in [7, 11) is -0.347. The van der Waals surface area contributed by atoms with Crippen molar-refractivity contribution in [2.24, 2.45) is 0 Å². The third-order valence-corrected chi connectivity index (χ3v) is 6.28. The maximum Gasteiger partial charge on any atom is 0.282 e. The Kier molecular flexibility index (Phi) is 5.03. The lowest BCUT2D eigenvalue weighted by Gasteiger charge is -2.26. The van der Waals surface area contributed by atoms with Crippen molar-refractivity contribution in [3.63, 3.8) is 0 Å². The molecule has 1 N–H and O–H groups in total. The van der Waals surface area contributed by atoms with Crippen molar-refractivity contribution >= 4 is 21.8 Å². The molecule has 0 saturated carbocycles. The zero-order valence-corrected chi connectivity index (χ0v) is 15.5. The molecule has 1 fully saturated rings. The van der Waals surface area contributed by atoms with E-state index in [1.165, 1.54) is 8.61 Å². The van der Waals surface area contributed by atoms with E-state index in [1.807, 2.05) is 37.3 Å². The highest BCUT2D eigenvalue weighted by atomic mass is 32.2. The number of nitrogens with zero attached hydrogens (tertiary/aromatic N) is 4. The molecule has 7 nitrogen and oxygen atoms in total. The summed E-state index contributed by atoms with van der Waals surface area (Å²) < 4.78 is 27.9. The molecule has 2 aromatic heterocycles. The Morgan fingerprint density at radius 3 is 2.76 bits per heavy atom. The molecule has 1 aliphatic heterocycles. The van der Waals surface area contributed by atoms with Crippen LogP contribution in [0.25, 0.3) is 0 Å². The Bertz CT molecular complexity index is 854. The number of hydrogen-bond donors (Lipinski definition) is 1. The topological polar surface area (TPSA) is 78.4 Å². The average Bonchev–Trinajstić information content (AvgIpc) is 3.07. The molecule has 0 aromatic carbocycles. The lowest BCUT2D eigenvalue weighted by molar-refractivity contribution is 0.358. The van der Waals surface area contributed by atoms with Gasteiger partial charge in [-0.25, -0.2) is 9.97 Å². The molecule has 0 unspecified atom stereocenters. The van der Waals surface area contributed by atoms with E-state index in [1.54, 1.807) is 20.3 Å². The van der Waals surface area contributed by atoms with Gasteiger partial charge in [0.2, 0.25) is 0 Å². The monoisotopic (exact) mass is 361 g/mol. The van der Waals surface area contributed by atoms with Gasteiger partial charge in [-0.3, -0.25) is 0 Å². The summed E-state index contributed by atoms with van der Waals surface area (Å²) in [6.45, 7) is 2.49. The van der Waals surface area contributed by atoms with Crippen molar-refractivity contribution in [1.29, 1.82) is 0 Å². The van der Waals surface area contributed by atoms with E-state index >= 15 is 0 Å². The molecule has 1 aliphatic rings. The summed E-state index contributed by atoms with van der Waals surface area (Å²) in [6.07, 6.45) is 3.32. The number of nitrogens with one attached hydrogen (secondary N) is 1. The minimum atomic E-state index is -3.46. The Labute approximate surface area is 148 Å². The quantitative estimate of drug-likeness (QED) is 0.885. The predicted molar refractivity (Wildman–Crippen MR) is 97.8 cm³/mol. The number of anilines is 2. The first-order valence-electron chi connectivity index (χ1n) is 8.24. The van der Waals surface area contributed by atoms with Crippen molar-refractivity contribution < 1.29 is 8.42 Å². The van der Waals surface area contributed by atoms with Gasteiger partial charge >= 0.3 is 0 Å². The van der Waals surface area contributed by atoms with Gasteiger partial charge in [-0.1, -0.05) is 12.1 Å². The lowest BCUT2D eigenvalue weighted by Crippen LogP contribution is -2.39. The highest BCUT2D eigenvalue weighted by molar-refractivity contribution is 7.86. The molecule has 8 heteroatoms. The molecular weight excluding hydrogens is 338 g/mol. The van der Waals surface area contributed by atoms with Crippen molar-refractivity contribution in [3.8, 4) is 0 Å². The maximum absolute atomic E-state index is 12.5. The van der Waals surface area contributed by atoms with Crippen LogP contribution in [0.3, 0.4) is 0 Å². The predicted octanol–water partition coefficient (Wildman–Crippen LogP) is 2.47. The summed E-state index contributed by atoms with van der Waals surface area (Å²) in [5.41, 5.74) is 1.77. The molecule has 1 saturated heterocycles. The molecular formula is C17H23N5O2S. The fourth-order valence-electron chi connectivity index (χ4n) is 2.97. The van der Waals surface area contributed by atoms with Gasteiger partial charge in [-0.05, 0) is 43.5 Å². The van der Waals surface area contributed by atoms with E-state index in [0.29, 0.717) is 12.4 Å². The second-order valence-electron chi connectivity index (χ2n) is 6.30. The second-order valence-corrected chi connectivity index (χ2v) is 8.40. The number of aromatic nitrogens is 2. The molecule has 0 amide bonds. The largest absolute Gasteiger partial charge is 0.325 e. The first-order chi connectivity index (χ1) is 11.9. The molecule has 3 rings (SSSR count). The summed E-state index contributed by atoms with van der Waals surface area (Å²) in [6, 6.07) is 9.25. The van der Waals surface area contributed by atoms with E-state index in [4.69, 9.17) is 0 Å². The Hall–Kier alpha value is -2.03.